The summed E-state index contributed by atoms with van der Waals surface area (Å²) in [5, 5.41) is 0. The van der Waals surface area contributed by atoms with Crippen molar-refractivity contribution in [1.29, 1.82) is 0 Å². The molecule has 0 aromatic heterocycles. The molecule has 3 heteroatoms. The van der Waals surface area contributed by atoms with Crippen LogP contribution < -0.4 is 5.73 Å². The first kappa shape index (κ1) is 12.9. The lowest BCUT2D eigenvalue weighted by Crippen LogP contribution is -2.32. The predicted molar refractivity (Wildman–Crippen MR) is 76.9 cm³/mol. The Kier molecular flexibility index (Phi) is 4.46. The van der Waals surface area contributed by atoms with Gasteiger partial charge >= 0.3 is 0 Å². The quantitative estimate of drug-likeness (QED) is 0.857. The smallest absolute Gasteiger partial charge is 0.0325 e. The van der Waals surface area contributed by atoms with Crippen molar-refractivity contribution in [3.63, 3.8) is 0 Å². The van der Waals surface area contributed by atoms with Gasteiger partial charge in [0.15, 0.2) is 0 Å². The number of halogens is 1. The van der Waals surface area contributed by atoms with Crippen LogP contribution in [0.2, 0.25) is 0 Å². The molecule has 1 aliphatic rings. The van der Waals surface area contributed by atoms with Gasteiger partial charge in [-0.05, 0) is 37.1 Å². The van der Waals surface area contributed by atoms with Crippen LogP contribution in [0.15, 0.2) is 22.7 Å². The van der Waals surface area contributed by atoms with E-state index in [0.717, 1.165) is 29.3 Å². The predicted octanol–water partition coefficient (Wildman–Crippen LogP) is 3.80. The summed E-state index contributed by atoms with van der Waals surface area (Å²) in [5.41, 5.74) is 7.93. The number of hydrogen-bond donors (Lipinski definition) is 1. The zero-order valence-electron chi connectivity index (χ0n) is 10.5. The van der Waals surface area contributed by atoms with E-state index >= 15 is 0 Å². The minimum atomic E-state index is 0.782. The van der Waals surface area contributed by atoms with Crippen molar-refractivity contribution in [1.82, 2.24) is 4.90 Å². The van der Waals surface area contributed by atoms with Crippen LogP contribution in [0.3, 0.4) is 0 Å². The Hall–Kier alpha value is -0.540. The van der Waals surface area contributed by atoms with Crippen molar-refractivity contribution in [3.05, 3.63) is 28.2 Å². The lowest BCUT2D eigenvalue weighted by Gasteiger charge is -2.27. The average Bonchev–Trinajstić information content (AvgIpc) is 2.81. The van der Waals surface area contributed by atoms with Gasteiger partial charge in [0.2, 0.25) is 0 Å². The summed E-state index contributed by atoms with van der Waals surface area (Å²) in [6, 6.07) is 6.90. The van der Waals surface area contributed by atoms with E-state index in [4.69, 9.17) is 5.73 Å². The first-order valence-electron chi connectivity index (χ1n) is 6.48. The van der Waals surface area contributed by atoms with Crippen LogP contribution in [0.5, 0.6) is 0 Å². The Morgan fingerprint density at radius 3 is 2.65 bits per heavy atom. The van der Waals surface area contributed by atoms with Gasteiger partial charge < -0.3 is 5.73 Å². The first-order valence-corrected chi connectivity index (χ1v) is 7.28. The summed E-state index contributed by atoms with van der Waals surface area (Å²) >= 11 is 3.61. The van der Waals surface area contributed by atoms with Crippen molar-refractivity contribution < 1.29 is 0 Å². The first-order chi connectivity index (χ1) is 8.20. The second-order valence-electron chi connectivity index (χ2n) is 4.85. The van der Waals surface area contributed by atoms with Gasteiger partial charge in [0.25, 0.3) is 0 Å². The van der Waals surface area contributed by atoms with Crippen molar-refractivity contribution >= 4 is 21.6 Å². The third-order valence-electron chi connectivity index (χ3n) is 3.70. The molecule has 0 atom stereocenters. The number of benzene rings is 1. The third kappa shape index (κ3) is 3.23. The standard InChI is InChI=1S/C14H21BrN2/c1-2-17(13-5-3-4-6-13)10-11-7-8-12(16)9-14(11)15/h7-9,13H,2-6,10,16H2,1H3. The molecule has 0 bridgehead atoms. The van der Waals surface area contributed by atoms with Crippen LogP contribution in [-0.4, -0.2) is 17.5 Å². The van der Waals surface area contributed by atoms with Crippen molar-refractivity contribution in [2.45, 2.75) is 45.2 Å². The van der Waals surface area contributed by atoms with E-state index in [9.17, 15) is 0 Å². The van der Waals surface area contributed by atoms with Crippen molar-refractivity contribution in [2.24, 2.45) is 0 Å². The zero-order valence-corrected chi connectivity index (χ0v) is 12.0. The molecule has 0 heterocycles. The van der Waals surface area contributed by atoms with Gasteiger partial charge in [-0.15, -0.1) is 0 Å². The van der Waals surface area contributed by atoms with Gasteiger partial charge in [0, 0.05) is 22.7 Å². The Morgan fingerprint density at radius 1 is 1.35 bits per heavy atom. The minimum Gasteiger partial charge on any atom is -0.399 e. The number of nitrogens with two attached hydrogens (primary N) is 1. The molecule has 17 heavy (non-hydrogen) atoms. The second kappa shape index (κ2) is 5.87. The monoisotopic (exact) mass is 296 g/mol. The molecule has 1 aliphatic carbocycles. The van der Waals surface area contributed by atoms with Crippen molar-refractivity contribution in [2.75, 3.05) is 12.3 Å². The Labute approximate surface area is 112 Å². The van der Waals surface area contributed by atoms with Gasteiger partial charge in [0.1, 0.15) is 0 Å². The molecule has 0 aliphatic heterocycles. The largest absolute Gasteiger partial charge is 0.399 e. The molecule has 1 aromatic rings. The SMILES string of the molecule is CCN(Cc1ccc(N)cc1Br)C1CCCC1. The number of nitrogen functional groups attached to an aromatic ring is 1. The molecule has 0 saturated heterocycles. The van der Waals surface area contributed by atoms with Crippen LogP contribution >= 0.6 is 15.9 Å². The fraction of sp³-hybridized carbons (Fsp3) is 0.571. The van der Waals surface area contributed by atoms with Crippen LogP contribution in [0.4, 0.5) is 5.69 Å². The average molecular weight is 297 g/mol. The highest BCUT2D eigenvalue weighted by atomic mass is 79.9. The van der Waals surface area contributed by atoms with E-state index in [0.29, 0.717) is 0 Å². The highest BCUT2D eigenvalue weighted by Crippen LogP contribution is 2.27. The van der Waals surface area contributed by atoms with E-state index in [1.165, 1.54) is 31.2 Å². The highest BCUT2D eigenvalue weighted by molar-refractivity contribution is 9.10. The normalized spacial score (nSPS) is 16.9. The van der Waals surface area contributed by atoms with E-state index in [1.54, 1.807) is 0 Å². The van der Waals surface area contributed by atoms with Crippen LogP contribution in [-0.2, 0) is 6.54 Å². The minimum absolute atomic E-state index is 0.782. The molecular formula is C14H21BrN2. The van der Waals surface area contributed by atoms with E-state index in [2.05, 4.69) is 33.8 Å². The van der Waals surface area contributed by atoms with E-state index in [1.807, 2.05) is 12.1 Å². The Bertz CT molecular complexity index is 372. The van der Waals surface area contributed by atoms with Gasteiger partial charge in [-0.3, -0.25) is 4.90 Å². The molecule has 2 N–H and O–H groups in total. The molecule has 1 aromatic carbocycles. The Morgan fingerprint density at radius 2 is 2.06 bits per heavy atom. The number of anilines is 1. The number of hydrogen-bond acceptors (Lipinski definition) is 2. The summed E-state index contributed by atoms with van der Waals surface area (Å²) in [5.74, 6) is 0. The molecule has 2 nitrogen and oxygen atoms in total. The van der Waals surface area contributed by atoms with Crippen LogP contribution in [0.25, 0.3) is 0 Å². The number of rotatable bonds is 4. The van der Waals surface area contributed by atoms with Gasteiger partial charge in [-0.2, -0.15) is 0 Å². The highest BCUT2D eigenvalue weighted by Gasteiger charge is 2.21. The lowest BCUT2D eigenvalue weighted by atomic mass is 10.1. The van der Waals surface area contributed by atoms with Gasteiger partial charge in [-0.25, -0.2) is 0 Å². The maximum absolute atomic E-state index is 5.77. The fourth-order valence-corrected chi connectivity index (χ4v) is 3.20. The summed E-state index contributed by atoms with van der Waals surface area (Å²) in [4.78, 5) is 2.59. The summed E-state index contributed by atoms with van der Waals surface area (Å²) in [6.07, 6.45) is 5.51. The molecule has 0 unspecified atom stereocenters. The van der Waals surface area contributed by atoms with Gasteiger partial charge in [0.05, 0.1) is 0 Å². The van der Waals surface area contributed by atoms with Crippen molar-refractivity contribution in [3.8, 4) is 0 Å². The third-order valence-corrected chi connectivity index (χ3v) is 4.44. The van der Waals surface area contributed by atoms with Gasteiger partial charge in [-0.1, -0.05) is 41.8 Å². The maximum Gasteiger partial charge on any atom is 0.0325 e. The molecule has 0 amide bonds. The zero-order chi connectivity index (χ0) is 12.3. The fourth-order valence-electron chi connectivity index (χ4n) is 2.68. The topological polar surface area (TPSA) is 29.3 Å². The summed E-state index contributed by atoms with van der Waals surface area (Å²) in [6.45, 7) is 4.41. The summed E-state index contributed by atoms with van der Waals surface area (Å²) < 4.78 is 1.13. The second-order valence-corrected chi connectivity index (χ2v) is 5.71. The number of nitrogens with zero attached hydrogens (tertiary/aromatic N) is 1. The maximum atomic E-state index is 5.77. The molecule has 0 radical (unpaired) electrons. The Balaban J connectivity index is 2.06. The van der Waals surface area contributed by atoms with E-state index in [-0.39, 0.29) is 0 Å². The van der Waals surface area contributed by atoms with E-state index < -0.39 is 0 Å². The summed E-state index contributed by atoms with van der Waals surface area (Å²) in [7, 11) is 0. The molecule has 1 fully saturated rings. The molecule has 2 rings (SSSR count). The van der Waals surface area contributed by atoms with Crippen LogP contribution in [0.1, 0.15) is 38.2 Å². The van der Waals surface area contributed by atoms with Crippen LogP contribution in [0, 0.1) is 0 Å². The molecule has 0 spiro atoms. The molecular weight excluding hydrogens is 276 g/mol. The lowest BCUT2D eigenvalue weighted by molar-refractivity contribution is 0.200. The molecule has 1 saturated carbocycles. The molecule has 94 valence electrons.